The van der Waals surface area contributed by atoms with Crippen LogP contribution in [0.1, 0.15) is 0 Å². The van der Waals surface area contributed by atoms with E-state index in [1.165, 1.54) is 5.01 Å². The van der Waals surface area contributed by atoms with Crippen molar-refractivity contribution in [2.24, 2.45) is 15.8 Å². The average molecular weight is 298 g/mol. The van der Waals surface area contributed by atoms with E-state index >= 15 is 0 Å². The van der Waals surface area contributed by atoms with Crippen molar-refractivity contribution in [1.29, 1.82) is 0 Å². The van der Waals surface area contributed by atoms with E-state index in [0.29, 0.717) is 5.23 Å². The lowest BCUT2D eigenvalue weighted by Gasteiger charge is -2.10. The second-order valence-corrected chi connectivity index (χ2v) is 9.00. The maximum Gasteiger partial charge on any atom is 0.269 e. The third-order valence-electron chi connectivity index (χ3n) is 2.07. The third kappa shape index (κ3) is 2.41. The second-order valence-electron chi connectivity index (χ2n) is 3.48. The first-order valence-corrected chi connectivity index (χ1v) is 8.98. The van der Waals surface area contributed by atoms with Crippen LogP contribution < -0.4 is 10.6 Å². The molecule has 1 aromatic carbocycles. The van der Waals surface area contributed by atoms with E-state index in [2.05, 4.69) is 9.98 Å². The summed E-state index contributed by atoms with van der Waals surface area (Å²) in [6.45, 7) is 0. The molecule has 0 amide bonds. The summed E-state index contributed by atoms with van der Waals surface area (Å²) < 4.78 is 5.68. The highest BCUT2D eigenvalue weighted by Gasteiger charge is 2.28. The van der Waals surface area contributed by atoms with Gasteiger partial charge in [0.1, 0.15) is 5.75 Å². The molecule has 0 fully saturated rings. The Bertz CT molecular complexity index is 568. The number of benzene rings is 1. The average Bonchev–Trinajstić information content (AvgIpc) is 2.88. The minimum absolute atomic E-state index is 0.126. The molecule has 5 nitrogen and oxygen atoms in total. The largest absolute Gasteiger partial charge is 0.433 e. The Kier molecular flexibility index (Phi) is 3.33. The van der Waals surface area contributed by atoms with Crippen molar-refractivity contribution < 1.29 is 4.74 Å². The second kappa shape index (κ2) is 4.96. The number of hydrogen-bond acceptors (Lipinski definition) is 7. The van der Waals surface area contributed by atoms with Crippen molar-refractivity contribution in [3.8, 4) is 5.75 Å². The minimum atomic E-state index is -0.126. The van der Waals surface area contributed by atoms with Gasteiger partial charge >= 0.3 is 0 Å². The molecule has 1 unspecified atom stereocenters. The van der Waals surface area contributed by atoms with Gasteiger partial charge in [0.25, 0.3) is 5.23 Å². The Balaban J connectivity index is 1.71. The standard InChI is InChI=1S/C10H10N4OS3/c1-14(11)9-12-8-13-10(17-18(8)16-9)15-7-5-3-2-4-6-7/h2-6H,11H2,1H3. The molecule has 2 aliphatic heterocycles. The van der Waals surface area contributed by atoms with Gasteiger partial charge in [-0.1, -0.05) is 18.2 Å². The maximum atomic E-state index is 5.68. The summed E-state index contributed by atoms with van der Waals surface area (Å²) in [6.07, 6.45) is 0. The highest BCUT2D eigenvalue weighted by Crippen LogP contribution is 2.53. The lowest BCUT2D eigenvalue weighted by molar-refractivity contribution is 0.551. The Labute approximate surface area is 114 Å². The van der Waals surface area contributed by atoms with Gasteiger partial charge in [0.15, 0.2) is 5.17 Å². The zero-order valence-corrected chi connectivity index (χ0v) is 11.9. The summed E-state index contributed by atoms with van der Waals surface area (Å²) in [7, 11) is 4.84. The number of amidine groups is 1. The summed E-state index contributed by atoms with van der Waals surface area (Å²) in [5, 5.41) is 3.75. The Morgan fingerprint density at radius 3 is 2.67 bits per heavy atom. The van der Waals surface area contributed by atoms with E-state index < -0.39 is 0 Å². The molecule has 94 valence electrons. The fourth-order valence-electron chi connectivity index (χ4n) is 1.29. The van der Waals surface area contributed by atoms with Crippen LogP contribution in [0.5, 0.6) is 5.75 Å². The first-order valence-electron chi connectivity index (χ1n) is 5.09. The fourth-order valence-corrected chi connectivity index (χ4v) is 6.51. The Hall–Kier alpha value is -0.960. The molecule has 0 aliphatic carbocycles. The number of hydrogen-bond donors (Lipinski definition) is 1. The number of rotatable bonds is 1. The van der Waals surface area contributed by atoms with Crippen LogP contribution in [-0.2, 0) is 0 Å². The summed E-state index contributed by atoms with van der Waals surface area (Å²) in [6, 6.07) is 9.62. The van der Waals surface area contributed by atoms with Crippen LogP contribution in [0.25, 0.3) is 0 Å². The van der Waals surface area contributed by atoms with E-state index in [1.54, 1.807) is 28.6 Å². The molecular weight excluding hydrogens is 288 g/mol. The molecule has 0 bridgehead atoms. The third-order valence-corrected chi connectivity index (χ3v) is 7.61. The van der Waals surface area contributed by atoms with Crippen LogP contribution in [-0.4, -0.2) is 27.6 Å². The number of aliphatic imine (C=N–C) groups is 2. The van der Waals surface area contributed by atoms with Crippen molar-refractivity contribution in [2.45, 2.75) is 0 Å². The smallest absolute Gasteiger partial charge is 0.269 e. The number of ether oxygens (including phenoxy) is 1. The predicted molar refractivity (Wildman–Crippen MR) is 81.7 cm³/mol. The lowest BCUT2D eigenvalue weighted by Crippen LogP contribution is -2.30. The van der Waals surface area contributed by atoms with Crippen molar-refractivity contribution in [1.82, 2.24) is 5.01 Å². The lowest BCUT2D eigenvalue weighted by atomic mass is 10.3. The van der Waals surface area contributed by atoms with E-state index in [-0.39, 0.29) is 8.55 Å². The summed E-state index contributed by atoms with van der Waals surface area (Å²) >= 11 is 0. The topological polar surface area (TPSA) is 63.2 Å². The van der Waals surface area contributed by atoms with Gasteiger partial charge in [-0.2, -0.15) is 9.98 Å². The van der Waals surface area contributed by atoms with E-state index in [0.717, 1.165) is 16.0 Å². The Morgan fingerprint density at radius 1 is 1.22 bits per heavy atom. The molecule has 0 aromatic heterocycles. The van der Waals surface area contributed by atoms with Crippen LogP contribution >= 0.6 is 30.1 Å². The van der Waals surface area contributed by atoms with E-state index in [1.807, 2.05) is 30.3 Å². The zero-order chi connectivity index (χ0) is 12.5. The van der Waals surface area contributed by atoms with Crippen molar-refractivity contribution in [2.75, 3.05) is 7.05 Å². The molecular formula is C10H10N4OS3. The number of hydrazine groups is 1. The first kappa shape index (κ1) is 12.1. The normalized spacial score (nSPS) is 21.4. The van der Waals surface area contributed by atoms with Gasteiger partial charge < -0.3 is 4.74 Å². The van der Waals surface area contributed by atoms with Crippen LogP contribution in [0.4, 0.5) is 0 Å². The summed E-state index contributed by atoms with van der Waals surface area (Å²) in [5.74, 6) is 6.43. The predicted octanol–water partition coefficient (Wildman–Crippen LogP) is 2.26. The molecule has 2 aliphatic rings. The van der Waals surface area contributed by atoms with Gasteiger partial charge in [-0.05, 0) is 31.5 Å². The highest BCUT2D eigenvalue weighted by atomic mass is 33.5. The SMILES string of the molecule is CN(N)C1=NC2=S(SC(Oc3ccccc3)=N2)S1. The number of nitrogens with zero attached hydrogens (tertiary/aromatic N) is 3. The molecule has 1 aromatic rings. The number of nitrogens with two attached hydrogens (primary N) is 1. The monoisotopic (exact) mass is 298 g/mol. The van der Waals surface area contributed by atoms with Crippen LogP contribution in [0.2, 0.25) is 0 Å². The Morgan fingerprint density at radius 2 is 2.00 bits per heavy atom. The quantitative estimate of drug-likeness (QED) is 0.373. The van der Waals surface area contributed by atoms with E-state index in [4.69, 9.17) is 10.6 Å². The van der Waals surface area contributed by atoms with Gasteiger partial charge in [0.05, 0.1) is 0 Å². The molecule has 3 rings (SSSR count). The van der Waals surface area contributed by atoms with Crippen LogP contribution in [0.15, 0.2) is 40.3 Å². The molecule has 0 saturated carbocycles. The molecule has 2 heterocycles. The van der Waals surface area contributed by atoms with Gasteiger partial charge in [0.2, 0.25) is 5.11 Å². The summed E-state index contributed by atoms with van der Waals surface area (Å²) in [4.78, 5) is 8.74. The molecule has 1 atom stereocenters. The van der Waals surface area contributed by atoms with Gasteiger partial charge in [0, 0.05) is 17.8 Å². The molecule has 8 heteroatoms. The van der Waals surface area contributed by atoms with Gasteiger partial charge in [-0.25, -0.2) is 5.84 Å². The van der Waals surface area contributed by atoms with Crippen molar-refractivity contribution in [3.63, 3.8) is 0 Å². The van der Waals surface area contributed by atoms with Crippen LogP contribution in [0, 0.1) is 0 Å². The zero-order valence-electron chi connectivity index (χ0n) is 9.44. The van der Waals surface area contributed by atoms with Gasteiger partial charge in [-0.15, -0.1) is 0 Å². The molecule has 2 N–H and O–H groups in total. The maximum absolute atomic E-state index is 5.68. The minimum Gasteiger partial charge on any atom is -0.433 e. The van der Waals surface area contributed by atoms with E-state index in [9.17, 15) is 0 Å². The van der Waals surface area contributed by atoms with Crippen LogP contribution in [0.3, 0.4) is 0 Å². The number of para-hydroxylation sites is 1. The summed E-state index contributed by atoms with van der Waals surface area (Å²) in [5.41, 5.74) is 0. The van der Waals surface area contributed by atoms with Crippen molar-refractivity contribution >= 4 is 45.6 Å². The molecule has 0 spiro atoms. The first-order chi connectivity index (χ1) is 8.72. The molecule has 18 heavy (non-hydrogen) atoms. The highest BCUT2D eigenvalue weighted by molar-refractivity contribution is 9.20. The molecule has 0 saturated heterocycles. The fraction of sp³-hybridized carbons (Fsp3) is 0.100. The van der Waals surface area contributed by atoms with Gasteiger partial charge in [-0.3, -0.25) is 5.01 Å². The van der Waals surface area contributed by atoms with Crippen molar-refractivity contribution in [3.05, 3.63) is 30.3 Å². The molecule has 0 radical (unpaired) electrons.